The summed E-state index contributed by atoms with van der Waals surface area (Å²) >= 11 is 0. The van der Waals surface area contributed by atoms with Crippen LogP contribution in [0.3, 0.4) is 0 Å². The molecule has 2 amide bonds. The number of benzene rings is 3. The Bertz CT molecular complexity index is 1690. The number of hydrogen-bond acceptors (Lipinski definition) is 5. The third kappa shape index (κ3) is 2.52. The Morgan fingerprint density at radius 3 is 1.68 bits per heavy atom. The highest BCUT2D eigenvalue weighted by Gasteiger charge is 2.45. The molecule has 0 radical (unpaired) electrons. The van der Waals surface area contributed by atoms with E-state index in [2.05, 4.69) is 44.0 Å². The predicted molar refractivity (Wildman–Crippen MR) is 141 cm³/mol. The third-order valence-electron chi connectivity index (χ3n) is 8.63. The first-order valence-corrected chi connectivity index (χ1v) is 12.7. The highest BCUT2D eigenvalue weighted by molar-refractivity contribution is 6.39. The third-order valence-corrected chi connectivity index (χ3v) is 8.63. The van der Waals surface area contributed by atoms with E-state index in [4.69, 9.17) is 9.47 Å². The van der Waals surface area contributed by atoms with E-state index >= 15 is 0 Å². The molecule has 8 nitrogen and oxygen atoms in total. The van der Waals surface area contributed by atoms with Crippen molar-refractivity contribution in [2.45, 2.75) is 18.8 Å². The van der Waals surface area contributed by atoms with Crippen molar-refractivity contribution in [1.82, 2.24) is 19.8 Å². The Morgan fingerprint density at radius 1 is 0.757 bits per heavy atom. The van der Waals surface area contributed by atoms with Gasteiger partial charge in [-0.3, -0.25) is 20.2 Å². The number of nitrogens with zero attached hydrogens (tertiary/aromatic N) is 2. The molecular formula is C29H26N4O4. The molecule has 2 bridgehead atoms. The van der Waals surface area contributed by atoms with Gasteiger partial charge < -0.3 is 18.6 Å². The number of aromatic nitrogens is 2. The van der Waals surface area contributed by atoms with Gasteiger partial charge in [-0.05, 0) is 18.6 Å². The number of ether oxygens (including phenoxy) is 2. The van der Waals surface area contributed by atoms with E-state index in [9.17, 15) is 9.59 Å². The lowest BCUT2D eigenvalue weighted by Crippen LogP contribution is -2.48. The number of amides is 2. The Kier molecular flexibility index (Phi) is 4.28. The molecule has 0 saturated carbocycles. The first-order chi connectivity index (χ1) is 18.1. The van der Waals surface area contributed by atoms with Gasteiger partial charge in [0.1, 0.15) is 0 Å². The second kappa shape index (κ2) is 7.41. The number of imide groups is 1. The fraction of sp³-hybridized carbons (Fsp3) is 0.310. The summed E-state index contributed by atoms with van der Waals surface area (Å²) < 4.78 is 16.2. The largest absolute Gasteiger partial charge is 0.384 e. The molecule has 186 valence electrons. The van der Waals surface area contributed by atoms with Crippen molar-refractivity contribution in [3.63, 3.8) is 0 Å². The number of piperidine rings is 1. The van der Waals surface area contributed by atoms with E-state index in [1.54, 1.807) is 14.2 Å². The highest BCUT2D eigenvalue weighted by Crippen LogP contribution is 2.51. The van der Waals surface area contributed by atoms with Gasteiger partial charge in [-0.1, -0.05) is 36.4 Å². The summed E-state index contributed by atoms with van der Waals surface area (Å²) in [5.41, 5.74) is 5.05. The number of nitrogens with one attached hydrogen (secondary N) is 2. The number of carbonyl (C=O) groups is 2. The second-order valence-electron chi connectivity index (χ2n) is 10.5. The summed E-state index contributed by atoms with van der Waals surface area (Å²) in [6.45, 7) is 1.20. The molecule has 8 rings (SSSR count). The summed E-state index contributed by atoms with van der Waals surface area (Å²) in [6, 6.07) is 16.4. The molecule has 0 aliphatic carbocycles. The van der Waals surface area contributed by atoms with Gasteiger partial charge in [0.2, 0.25) is 0 Å². The van der Waals surface area contributed by atoms with Gasteiger partial charge in [-0.2, -0.15) is 0 Å². The average Bonchev–Trinajstić information content (AvgIpc) is 3.48. The zero-order valence-electron chi connectivity index (χ0n) is 20.6. The van der Waals surface area contributed by atoms with Gasteiger partial charge in [0.25, 0.3) is 11.8 Å². The molecule has 8 heteroatoms. The molecule has 2 unspecified atom stereocenters. The average molecular weight is 495 g/mol. The molecule has 3 aliphatic heterocycles. The van der Waals surface area contributed by atoms with Crippen LogP contribution < -0.4 is 10.6 Å². The minimum absolute atomic E-state index is 0.0551. The lowest BCUT2D eigenvalue weighted by Gasteiger charge is -2.42. The highest BCUT2D eigenvalue weighted by atomic mass is 16.5. The van der Waals surface area contributed by atoms with Crippen LogP contribution in [0.2, 0.25) is 0 Å². The van der Waals surface area contributed by atoms with Crippen LogP contribution in [0.15, 0.2) is 48.5 Å². The van der Waals surface area contributed by atoms with Gasteiger partial charge in [0.15, 0.2) is 0 Å². The van der Waals surface area contributed by atoms with Gasteiger partial charge in [0.05, 0.1) is 58.7 Å². The SMILES string of the molecule is COCC1CC(COC)[C@@H]2N[C@H]1n1c3ccccc3c3c4c(c5c6ccccc6n2c5c31)C(=O)NC4=O. The fourth-order valence-electron chi connectivity index (χ4n) is 7.42. The summed E-state index contributed by atoms with van der Waals surface area (Å²) in [6.07, 6.45) is 0.806. The van der Waals surface area contributed by atoms with E-state index in [-0.39, 0.29) is 36.0 Å². The topological polar surface area (TPSA) is 86.5 Å². The van der Waals surface area contributed by atoms with Crippen LogP contribution in [0.5, 0.6) is 0 Å². The quantitative estimate of drug-likeness (QED) is 0.364. The molecule has 5 heterocycles. The summed E-state index contributed by atoms with van der Waals surface area (Å²) in [7, 11) is 3.50. The van der Waals surface area contributed by atoms with Crippen LogP contribution in [0.25, 0.3) is 43.6 Å². The van der Waals surface area contributed by atoms with Gasteiger partial charge in [0, 0.05) is 47.6 Å². The Hall–Kier alpha value is -3.72. The first-order valence-electron chi connectivity index (χ1n) is 12.7. The van der Waals surface area contributed by atoms with Crippen molar-refractivity contribution < 1.29 is 19.1 Å². The van der Waals surface area contributed by atoms with E-state index < -0.39 is 0 Å². The van der Waals surface area contributed by atoms with Crippen molar-refractivity contribution in [2.24, 2.45) is 11.8 Å². The number of methoxy groups -OCH3 is 2. The van der Waals surface area contributed by atoms with E-state index in [1.807, 2.05) is 24.3 Å². The van der Waals surface area contributed by atoms with Crippen LogP contribution in [-0.4, -0.2) is 48.4 Å². The van der Waals surface area contributed by atoms with Crippen LogP contribution >= 0.6 is 0 Å². The number of fused-ring (bicyclic) bond motifs is 13. The lowest BCUT2D eigenvalue weighted by atomic mass is 9.86. The summed E-state index contributed by atoms with van der Waals surface area (Å²) in [5, 5.41) is 10.2. The van der Waals surface area contributed by atoms with Crippen LogP contribution in [0.4, 0.5) is 0 Å². The maximum absolute atomic E-state index is 13.4. The first kappa shape index (κ1) is 21.4. The molecule has 3 aliphatic rings. The van der Waals surface area contributed by atoms with E-state index in [0.29, 0.717) is 24.3 Å². The standard InChI is InChI=1S/C29H26N4O4/c1-36-12-14-11-15(13-37-2)27-30-26(14)32-18-9-5-3-7-16(18)20-22-23(29(35)31-28(22)34)21-17-8-4-6-10-19(17)33(27)25(21)24(20)32/h3-10,14-15,26-27,30H,11-13H2,1-2H3,(H,31,34,35)/t14?,15?,26-,27+. The van der Waals surface area contributed by atoms with Crippen molar-refractivity contribution in [1.29, 1.82) is 0 Å². The molecule has 2 aromatic heterocycles. The van der Waals surface area contributed by atoms with Crippen LogP contribution in [0.1, 0.15) is 39.5 Å². The van der Waals surface area contributed by atoms with Crippen molar-refractivity contribution in [3.8, 4) is 0 Å². The van der Waals surface area contributed by atoms with Crippen LogP contribution in [-0.2, 0) is 9.47 Å². The monoisotopic (exact) mass is 494 g/mol. The number of hydrogen-bond donors (Lipinski definition) is 2. The molecule has 1 saturated heterocycles. The maximum Gasteiger partial charge on any atom is 0.259 e. The molecule has 1 fully saturated rings. The Labute approximate surface area is 212 Å². The van der Waals surface area contributed by atoms with Crippen molar-refractivity contribution >= 4 is 55.4 Å². The zero-order valence-corrected chi connectivity index (χ0v) is 20.6. The molecule has 3 aromatic carbocycles. The number of carbonyl (C=O) groups excluding carboxylic acids is 2. The van der Waals surface area contributed by atoms with E-state index in [0.717, 1.165) is 50.0 Å². The molecule has 0 spiro atoms. The van der Waals surface area contributed by atoms with Crippen molar-refractivity contribution in [2.75, 3.05) is 27.4 Å². The molecule has 2 N–H and O–H groups in total. The summed E-state index contributed by atoms with van der Waals surface area (Å²) in [5.74, 6) is -0.273. The number of rotatable bonds is 4. The smallest absolute Gasteiger partial charge is 0.259 e. The number of para-hydroxylation sites is 2. The van der Waals surface area contributed by atoms with Crippen molar-refractivity contribution in [3.05, 3.63) is 59.7 Å². The second-order valence-corrected chi connectivity index (χ2v) is 10.5. The zero-order chi connectivity index (χ0) is 25.0. The van der Waals surface area contributed by atoms with E-state index in [1.165, 1.54) is 0 Å². The molecule has 4 atom stereocenters. The maximum atomic E-state index is 13.4. The molecule has 37 heavy (non-hydrogen) atoms. The van der Waals surface area contributed by atoms with Gasteiger partial charge in [-0.25, -0.2) is 0 Å². The van der Waals surface area contributed by atoms with Crippen LogP contribution in [0, 0.1) is 11.8 Å². The molecular weight excluding hydrogens is 468 g/mol. The Morgan fingerprint density at radius 2 is 1.22 bits per heavy atom. The predicted octanol–water partition coefficient (Wildman–Crippen LogP) is 4.32. The van der Waals surface area contributed by atoms with Gasteiger partial charge in [-0.15, -0.1) is 0 Å². The Balaban J connectivity index is 1.67. The van der Waals surface area contributed by atoms with Gasteiger partial charge >= 0.3 is 0 Å². The summed E-state index contributed by atoms with van der Waals surface area (Å²) in [4.78, 5) is 26.7. The molecule has 5 aromatic rings. The normalized spacial score (nSPS) is 24.5. The fourth-order valence-corrected chi connectivity index (χ4v) is 7.42. The lowest BCUT2D eigenvalue weighted by molar-refractivity contribution is 0.00633. The minimum atomic E-state index is -0.326. The minimum Gasteiger partial charge on any atom is -0.384 e.